The van der Waals surface area contributed by atoms with Gasteiger partial charge in [-0.3, -0.25) is 4.79 Å². The summed E-state index contributed by atoms with van der Waals surface area (Å²) in [4.78, 5) is 22.7. The normalized spacial score (nSPS) is 23.5. The van der Waals surface area contributed by atoms with Crippen LogP contribution in [0.2, 0.25) is 0 Å². The van der Waals surface area contributed by atoms with Crippen LogP contribution in [-0.2, 0) is 19.7 Å². The van der Waals surface area contributed by atoms with Gasteiger partial charge in [-0.05, 0) is 19.8 Å². The Kier molecular flexibility index (Phi) is 5.88. The number of ether oxygens (including phenoxy) is 1. The molecule has 0 saturated carbocycles. The van der Waals surface area contributed by atoms with Crippen LogP contribution in [-0.4, -0.2) is 53.2 Å². The molecule has 1 aliphatic heterocycles. The molecular weight excluding hydrogens is 320 g/mol. The maximum atomic E-state index is 12.3. The van der Waals surface area contributed by atoms with Gasteiger partial charge in [-0.2, -0.15) is 12.7 Å². The van der Waals surface area contributed by atoms with Crippen molar-refractivity contribution in [3.63, 3.8) is 0 Å². The number of amides is 1. The van der Waals surface area contributed by atoms with Crippen LogP contribution >= 0.6 is 11.8 Å². The Morgan fingerprint density at radius 1 is 1.33 bits per heavy atom. The highest BCUT2D eigenvalue weighted by atomic mass is 32.2. The molecule has 0 radical (unpaired) electrons. The number of carboxylic acids is 1. The van der Waals surface area contributed by atoms with Crippen LogP contribution in [0.5, 0.6) is 0 Å². The Hall–Kier alpha value is -1.00. The molecule has 2 atom stereocenters. The van der Waals surface area contributed by atoms with Gasteiger partial charge in [-0.1, -0.05) is 13.8 Å². The van der Waals surface area contributed by atoms with Crippen molar-refractivity contribution in [2.45, 2.75) is 45.2 Å². The number of nitrogens with one attached hydrogen (secondary N) is 1. The first kappa shape index (κ1) is 18.1. The second-order valence-corrected chi connectivity index (χ2v) is 7.94. The lowest BCUT2D eigenvalue weighted by Gasteiger charge is -2.28. The topological polar surface area (TPSA) is 113 Å². The third-order valence-corrected chi connectivity index (χ3v) is 5.89. The molecule has 1 heterocycles. The largest absolute Gasteiger partial charge is 0.480 e. The lowest BCUT2D eigenvalue weighted by atomic mass is 10.2. The van der Waals surface area contributed by atoms with Gasteiger partial charge in [0.1, 0.15) is 6.04 Å². The van der Waals surface area contributed by atoms with Crippen molar-refractivity contribution >= 4 is 34.0 Å². The summed E-state index contributed by atoms with van der Waals surface area (Å²) in [5, 5.41) is 8.62. The molecule has 0 bridgehead atoms. The highest BCUT2D eigenvalue weighted by Crippen LogP contribution is 2.35. The Morgan fingerprint density at radius 3 is 2.33 bits per heavy atom. The quantitative estimate of drug-likeness (QED) is 0.762. The first-order valence-electron chi connectivity index (χ1n) is 6.42. The fraction of sp³-hybridized carbons (Fsp3) is 0.818. The van der Waals surface area contributed by atoms with Gasteiger partial charge < -0.3 is 9.84 Å². The number of thioether (sulfide) groups is 1. The fourth-order valence-corrected chi connectivity index (χ4v) is 5.24. The van der Waals surface area contributed by atoms with Crippen LogP contribution in [0.15, 0.2) is 0 Å². The van der Waals surface area contributed by atoms with Gasteiger partial charge in [-0.25, -0.2) is 9.52 Å². The minimum atomic E-state index is -4.29. The van der Waals surface area contributed by atoms with Crippen molar-refractivity contribution in [1.29, 1.82) is 0 Å². The molecule has 122 valence electrons. The summed E-state index contributed by atoms with van der Waals surface area (Å²) in [7, 11) is -4.29. The van der Waals surface area contributed by atoms with Crippen LogP contribution in [0.25, 0.3) is 0 Å². The van der Waals surface area contributed by atoms with Gasteiger partial charge >= 0.3 is 22.3 Å². The van der Waals surface area contributed by atoms with Crippen LogP contribution in [0.3, 0.4) is 0 Å². The summed E-state index contributed by atoms with van der Waals surface area (Å²) in [5.41, 5.74) is 0. The molecule has 0 aliphatic carbocycles. The van der Waals surface area contributed by atoms with E-state index in [-0.39, 0.29) is 11.7 Å². The summed E-state index contributed by atoms with van der Waals surface area (Å²) in [6.45, 7) is 6.73. The molecule has 2 N–H and O–H groups in total. The fourth-order valence-electron chi connectivity index (χ4n) is 1.88. The molecule has 1 saturated heterocycles. The average molecular weight is 340 g/mol. The van der Waals surface area contributed by atoms with E-state index in [9.17, 15) is 18.0 Å². The van der Waals surface area contributed by atoms with Gasteiger partial charge in [0.2, 0.25) is 0 Å². The van der Waals surface area contributed by atoms with Gasteiger partial charge in [0.05, 0.1) is 11.5 Å². The smallest absolute Gasteiger partial charge is 0.422 e. The highest BCUT2D eigenvalue weighted by molar-refractivity contribution is 8.01. The molecule has 21 heavy (non-hydrogen) atoms. The molecule has 1 fully saturated rings. The van der Waals surface area contributed by atoms with Gasteiger partial charge in [0, 0.05) is 5.75 Å². The standard InChI is InChI=1S/C11H20N2O6S2/c1-6(2)9-13(8(5-20-9)10(14)15)21(17,18)12-11(16)19-7(3)4/h6-9H,5H2,1-4H3,(H,12,16)(H,14,15). The molecule has 10 heteroatoms. The molecular formula is C11H20N2O6S2. The zero-order valence-electron chi connectivity index (χ0n) is 12.3. The molecule has 1 rings (SSSR count). The Bertz CT molecular complexity index is 505. The summed E-state index contributed by atoms with van der Waals surface area (Å²) >= 11 is 1.24. The number of carbonyl (C=O) groups excluding carboxylic acids is 1. The predicted octanol–water partition coefficient (Wildman–Crippen LogP) is 0.850. The summed E-state index contributed by atoms with van der Waals surface area (Å²) < 4.78 is 31.9. The van der Waals surface area contributed by atoms with Crippen molar-refractivity contribution in [3.05, 3.63) is 0 Å². The molecule has 0 aromatic rings. The van der Waals surface area contributed by atoms with E-state index in [1.807, 2.05) is 0 Å². The third kappa shape index (κ3) is 4.48. The Morgan fingerprint density at radius 2 is 1.90 bits per heavy atom. The van der Waals surface area contributed by atoms with Crippen molar-refractivity contribution < 1.29 is 27.9 Å². The Balaban J connectivity index is 3.00. The summed E-state index contributed by atoms with van der Waals surface area (Å²) in [6.07, 6.45) is -1.60. The van der Waals surface area contributed by atoms with Gasteiger partial charge in [-0.15, -0.1) is 11.8 Å². The second-order valence-electron chi connectivity index (χ2n) is 5.21. The minimum Gasteiger partial charge on any atom is -0.480 e. The van der Waals surface area contributed by atoms with Crippen LogP contribution in [0, 0.1) is 5.92 Å². The molecule has 0 aromatic carbocycles. The first-order valence-corrected chi connectivity index (χ1v) is 8.91. The Labute approximate surface area is 128 Å². The maximum Gasteiger partial charge on any atom is 0.422 e. The number of carbonyl (C=O) groups is 2. The van der Waals surface area contributed by atoms with Crippen LogP contribution < -0.4 is 4.72 Å². The van der Waals surface area contributed by atoms with Crippen LogP contribution in [0.4, 0.5) is 4.79 Å². The first-order chi connectivity index (χ1) is 9.56. The third-order valence-electron chi connectivity index (χ3n) is 2.67. The predicted molar refractivity (Wildman–Crippen MR) is 78.0 cm³/mol. The van der Waals surface area contributed by atoms with Crippen molar-refractivity contribution in [1.82, 2.24) is 9.03 Å². The lowest BCUT2D eigenvalue weighted by Crippen LogP contribution is -2.53. The maximum absolute atomic E-state index is 12.3. The van der Waals surface area contributed by atoms with Gasteiger partial charge in [0.15, 0.2) is 0 Å². The number of rotatable bonds is 5. The summed E-state index contributed by atoms with van der Waals surface area (Å²) in [5.74, 6) is -1.21. The van der Waals surface area contributed by atoms with E-state index in [1.165, 1.54) is 11.8 Å². The van der Waals surface area contributed by atoms with E-state index >= 15 is 0 Å². The zero-order valence-corrected chi connectivity index (χ0v) is 13.9. The second kappa shape index (κ2) is 6.84. The number of aliphatic carboxylic acids is 1. The van der Waals surface area contributed by atoms with E-state index in [2.05, 4.69) is 0 Å². The van der Waals surface area contributed by atoms with E-state index in [4.69, 9.17) is 9.84 Å². The van der Waals surface area contributed by atoms with Gasteiger partial charge in [0.25, 0.3) is 0 Å². The molecule has 1 aliphatic rings. The van der Waals surface area contributed by atoms with E-state index in [0.717, 1.165) is 4.31 Å². The van der Waals surface area contributed by atoms with Crippen LogP contribution in [0.1, 0.15) is 27.7 Å². The number of hydrogen-bond donors (Lipinski definition) is 2. The molecule has 1 amide bonds. The molecule has 8 nitrogen and oxygen atoms in total. The highest BCUT2D eigenvalue weighted by Gasteiger charge is 2.47. The zero-order chi connectivity index (χ0) is 16.4. The lowest BCUT2D eigenvalue weighted by molar-refractivity contribution is -0.140. The number of nitrogens with zero attached hydrogens (tertiary/aromatic N) is 1. The molecule has 0 spiro atoms. The summed E-state index contributed by atoms with van der Waals surface area (Å²) in [6, 6.07) is -1.20. The molecule has 0 aromatic heterocycles. The van der Waals surface area contributed by atoms with E-state index < -0.39 is 39.8 Å². The van der Waals surface area contributed by atoms with Crippen molar-refractivity contribution in [2.75, 3.05) is 5.75 Å². The average Bonchev–Trinajstić information content (AvgIpc) is 2.71. The number of hydrogen-bond acceptors (Lipinski definition) is 6. The van der Waals surface area contributed by atoms with Crippen molar-refractivity contribution in [2.24, 2.45) is 5.92 Å². The van der Waals surface area contributed by atoms with Crippen molar-refractivity contribution in [3.8, 4) is 0 Å². The molecule has 2 unspecified atom stereocenters. The SMILES string of the molecule is CC(C)OC(=O)NS(=O)(=O)N1C(C(=O)O)CSC1C(C)C. The van der Waals surface area contributed by atoms with E-state index in [1.54, 1.807) is 32.4 Å². The minimum absolute atomic E-state index is 0.1000. The van der Waals surface area contributed by atoms with E-state index in [0.29, 0.717) is 0 Å². The monoisotopic (exact) mass is 340 g/mol. The number of carboxylic acid groups (broad SMARTS) is 1.